The summed E-state index contributed by atoms with van der Waals surface area (Å²) >= 11 is 5.95. The number of benzene rings is 1. The lowest BCUT2D eigenvalue weighted by atomic mass is 10.1. The molecule has 0 aromatic heterocycles. The summed E-state index contributed by atoms with van der Waals surface area (Å²) in [5.41, 5.74) is 1.58. The first-order valence-corrected chi connectivity index (χ1v) is 5.57. The van der Waals surface area contributed by atoms with E-state index < -0.39 is 0 Å². The molecule has 0 fully saturated rings. The molecule has 0 heterocycles. The summed E-state index contributed by atoms with van der Waals surface area (Å²) < 4.78 is 0. The lowest BCUT2D eigenvalue weighted by Crippen LogP contribution is -2.31. The SMILES string of the molecule is Cc1ccc(C(=O)NCCN(C)C)cc1Cl. The fourth-order valence-corrected chi connectivity index (χ4v) is 1.41. The standard InChI is InChI=1S/C12H17ClN2O/c1-9-4-5-10(8-11(9)13)12(16)14-6-7-15(2)3/h4-5,8H,6-7H2,1-3H3,(H,14,16). The van der Waals surface area contributed by atoms with E-state index >= 15 is 0 Å². The van der Waals surface area contributed by atoms with E-state index in [-0.39, 0.29) is 5.91 Å². The number of nitrogens with one attached hydrogen (secondary N) is 1. The first-order valence-electron chi connectivity index (χ1n) is 5.20. The van der Waals surface area contributed by atoms with Crippen LogP contribution in [0.2, 0.25) is 5.02 Å². The van der Waals surface area contributed by atoms with Gasteiger partial charge in [-0.3, -0.25) is 4.79 Å². The molecular weight excluding hydrogens is 224 g/mol. The molecule has 1 amide bonds. The van der Waals surface area contributed by atoms with E-state index in [1.54, 1.807) is 12.1 Å². The van der Waals surface area contributed by atoms with Crippen LogP contribution in [-0.4, -0.2) is 38.0 Å². The van der Waals surface area contributed by atoms with Crippen molar-refractivity contribution in [2.75, 3.05) is 27.2 Å². The number of aryl methyl sites for hydroxylation is 1. The summed E-state index contributed by atoms with van der Waals surface area (Å²) in [6, 6.07) is 5.33. The first-order chi connectivity index (χ1) is 7.50. The van der Waals surface area contributed by atoms with E-state index in [0.29, 0.717) is 17.1 Å². The Morgan fingerprint density at radius 1 is 1.44 bits per heavy atom. The second-order valence-corrected chi connectivity index (χ2v) is 4.43. The van der Waals surface area contributed by atoms with Gasteiger partial charge in [-0.2, -0.15) is 0 Å². The van der Waals surface area contributed by atoms with Crippen LogP contribution >= 0.6 is 11.6 Å². The molecule has 0 unspecified atom stereocenters. The Hall–Kier alpha value is -1.06. The number of hydrogen-bond acceptors (Lipinski definition) is 2. The second-order valence-electron chi connectivity index (χ2n) is 4.02. The summed E-state index contributed by atoms with van der Waals surface area (Å²) in [7, 11) is 3.93. The third kappa shape index (κ3) is 3.83. The highest BCUT2D eigenvalue weighted by atomic mass is 35.5. The number of nitrogens with zero attached hydrogens (tertiary/aromatic N) is 1. The van der Waals surface area contributed by atoms with Crippen molar-refractivity contribution >= 4 is 17.5 Å². The third-order valence-electron chi connectivity index (χ3n) is 2.28. The fraction of sp³-hybridized carbons (Fsp3) is 0.417. The summed E-state index contributed by atoms with van der Waals surface area (Å²) in [6.45, 7) is 3.37. The summed E-state index contributed by atoms with van der Waals surface area (Å²) in [5, 5.41) is 3.46. The van der Waals surface area contributed by atoms with Crippen molar-refractivity contribution in [1.29, 1.82) is 0 Å². The Morgan fingerprint density at radius 2 is 2.12 bits per heavy atom. The van der Waals surface area contributed by atoms with Gasteiger partial charge in [0.1, 0.15) is 0 Å². The quantitative estimate of drug-likeness (QED) is 0.873. The van der Waals surface area contributed by atoms with Crippen molar-refractivity contribution in [2.45, 2.75) is 6.92 Å². The van der Waals surface area contributed by atoms with Crippen molar-refractivity contribution in [3.63, 3.8) is 0 Å². The molecule has 16 heavy (non-hydrogen) atoms. The lowest BCUT2D eigenvalue weighted by molar-refractivity contribution is 0.0951. The molecule has 0 aliphatic carbocycles. The topological polar surface area (TPSA) is 32.3 Å². The van der Waals surface area contributed by atoms with Crippen molar-refractivity contribution in [3.8, 4) is 0 Å². The summed E-state index contributed by atoms with van der Waals surface area (Å²) in [4.78, 5) is 13.7. The molecule has 3 nitrogen and oxygen atoms in total. The van der Waals surface area contributed by atoms with E-state index in [9.17, 15) is 4.79 Å². The minimum Gasteiger partial charge on any atom is -0.351 e. The first kappa shape index (κ1) is 13.0. The smallest absolute Gasteiger partial charge is 0.251 e. The van der Waals surface area contributed by atoms with Crippen LogP contribution in [-0.2, 0) is 0 Å². The number of hydrogen-bond donors (Lipinski definition) is 1. The predicted molar refractivity (Wildman–Crippen MR) is 67.1 cm³/mol. The van der Waals surface area contributed by atoms with Gasteiger partial charge in [0.2, 0.25) is 0 Å². The van der Waals surface area contributed by atoms with Crippen molar-refractivity contribution in [1.82, 2.24) is 10.2 Å². The van der Waals surface area contributed by atoms with Gasteiger partial charge in [0.05, 0.1) is 0 Å². The Balaban J connectivity index is 2.56. The lowest BCUT2D eigenvalue weighted by Gasteiger charge is -2.10. The molecule has 0 radical (unpaired) electrons. The van der Waals surface area contributed by atoms with Crippen LogP contribution in [0.25, 0.3) is 0 Å². The summed E-state index contributed by atoms with van der Waals surface area (Å²) in [6.07, 6.45) is 0. The Kier molecular flexibility index (Phi) is 4.77. The van der Waals surface area contributed by atoms with Crippen LogP contribution in [0.1, 0.15) is 15.9 Å². The zero-order valence-corrected chi connectivity index (χ0v) is 10.6. The van der Waals surface area contributed by atoms with Gasteiger partial charge in [-0.15, -0.1) is 0 Å². The van der Waals surface area contributed by atoms with Crippen LogP contribution in [0.4, 0.5) is 0 Å². The molecule has 1 N–H and O–H groups in total. The molecule has 1 aromatic rings. The van der Waals surface area contributed by atoms with Gasteiger partial charge < -0.3 is 10.2 Å². The maximum absolute atomic E-state index is 11.7. The highest BCUT2D eigenvalue weighted by molar-refractivity contribution is 6.31. The third-order valence-corrected chi connectivity index (χ3v) is 2.69. The fourth-order valence-electron chi connectivity index (χ4n) is 1.23. The largest absolute Gasteiger partial charge is 0.351 e. The maximum Gasteiger partial charge on any atom is 0.251 e. The van der Waals surface area contributed by atoms with Gasteiger partial charge in [0.15, 0.2) is 0 Å². The molecule has 0 aliphatic heterocycles. The molecule has 0 bridgehead atoms. The van der Waals surface area contributed by atoms with Crippen molar-refractivity contribution < 1.29 is 4.79 Å². The van der Waals surface area contributed by atoms with Crippen LogP contribution in [0.15, 0.2) is 18.2 Å². The van der Waals surface area contributed by atoms with E-state index in [2.05, 4.69) is 5.32 Å². The Labute approximate surface area is 101 Å². The number of halogens is 1. The van der Waals surface area contributed by atoms with Crippen LogP contribution in [0.3, 0.4) is 0 Å². The van der Waals surface area contributed by atoms with Gasteiger partial charge in [-0.1, -0.05) is 17.7 Å². The van der Waals surface area contributed by atoms with Gasteiger partial charge >= 0.3 is 0 Å². The highest BCUT2D eigenvalue weighted by Crippen LogP contribution is 2.16. The number of likely N-dealkylation sites (N-methyl/N-ethyl adjacent to an activating group) is 1. The minimum atomic E-state index is -0.0799. The average Bonchev–Trinajstić information content (AvgIpc) is 2.21. The molecule has 0 saturated heterocycles. The molecular formula is C12H17ClN2O. The average molecular weight is 241 g/mol. The summed E-state index contributed by atoms with van der Waals surface area (Å²) in [5.74, 6) is -0.0799. The van der Waals surface area contributed by atoms with Crippen LogP contribution < -0.4 is 5.32 Å². The molecule has 1 rings (SSSR count). The van der Waals surface area contributed by atoms with E-state index in [4.69, 9.17) is 11.6 Å². The van der Waals surface area contributed by atoms with Gasteiger partial charge in [0, 0.05) is 23.7 Å². The van der Waals surface area contributed by atoms with Gasteiger partial charge in [-0.05, 0) is 38.7 Å². The predicted octanol–water partition coefficient (Wildman–Crippen LogP) is 1.94. The number of amides is 1. The van der Waals surface area contributed by atoms with Gasteiger partial charge in [0.25, 0.3) is 5.91 Å². The normalized spacial score (nSPS) is 10.6. The molecule has 0 atom stereocenters. The zero-order valence-electron chi connectivity index (χ0n) is 9.88. The molecule has 1 aromatic carbocycles. The highest BCUT2D eigenvalue weighted by Gasteiger charge is 2.06. The van der Waals surface area contributed by atoms with Crippen molar-refractivity contribution in [2.24, 2.45) is 0 Å². The number of carbonyl (C=O) groups is 1. The zero-order chi connectivity index (χ0) is 12.1. The maximum atomic E-state index is 11.7. The van der Waals surface area contributed by atoms with Crippen molar-refractivity contribution in [3.05, 3.63) is 34.3 Å². The number of carbonyl (C=O) groups excluding carboxylic acids is 1. The molecule has 0 saturated carbocycles. The van der Waals surface area contributed by atoms with Crippen LogP contribution in [0, 0.1) is 6.92 Å². The molecule has 0 spiro atoms. The second kappa shape index (κ2) is 5.87. The Bertz CT molecular complexity index is 377. The number of rotatable bonds is 4. The molecule has 4 heteroatoms. The molecule has 88 valence electrons. The Morgan fingerprint density at radius 3 is 2.69 bits per heavy atom. The molecule has 0 aliphatic rings. The van der Waals surface area contributed by atoms with Crippen LogP contribution in [0.5, 0.6) is 0 Å². The van der Waals surface area contributed by atoms with E-state index in [0.717, 1.165) is 12.1 Å². The van der Waals surface area contributed by atoms with E-state index in [1.165, 1.54) is 0 Å². The van der Waals surface area contributed by atoms with Gasteiger partial charge in [-0.25, -0.2) is 0 Å². The monoisotopic (exact) mass is 240 g/mol. The minimum absolute atomic E-state index is 0.0799. The van der Waals surface area contributed by atoms with E-state index in [1.807, 2.05) is 32.0 Å².